The molecule has 0 saturated carbocycles. The zero-order valence-electron chi connectivity index (χ0n) is 15.7. The smallest absolute Gasteiger partial charge is 0.122 e. The van der Waals surface area contributed by atoms with Gasteiger partial charge >= 0.3 is 0 Å². The topological polar surface area (TPSA) is 9.23 Å². The second kappa shape index (κ2) is 9.52. The van der Waals surface area contributed by atoms with Gasteiger partial charge in [-0.05, 0) is 54.0 Å². The summed E-state index contributed by atoms with van der Waals surface area (Å²) in [5, 5.41) is 0. The number of rotatable bonds is 9. The molecular weight excluding hydrogens is 292 g/mol. The normalized spacial score (nSPS) is 12.4. The minimum Gasteiger partial charge on any atom is -0.493 e. The summed E-state index contributed by atoms with van der Waals surface area (Å²) < 4.78 is 6.03. The standard InChI is InChI=1S/C23H32O/c1-18(2)9-8-10-19(3)15-16-24-23-14-13-22(17-20(23)4)21-11-6-5-7-12-21/h5-7,11-14,17-19H,8-10,15-16H2,1-4H3. The lowest BCUT2D eigenvalue weighted by Crippen LogP contribution is -2.05. The van der Waals surface area contributed by atoms with Crippen molar-refractivity contribution in [1.82, 2.24) is 0 Å². The minimum absolute atomic E-state index is 0.743. The third kappa shape index (κ3) is 6.03. The van der Waals surface area contributed by atoms with Gasteiger partial charge in [-0.25, -0.2) is 0 Å². The fourth-order valence-corrected chi connectivity index (χ4v) is 3.01. The zero-order valence-corrected chi connectivity index (χ0v) is 15.7. The molecule has 1 unspecified atom stereocenters. The van der Waals surface area contributed by atoms with Gasteiger partial charge in [-0.3, -0.25) is 0 Å². The molecular formula is C23H32O. The summed E-state index contributed by atoms with van der Waals surface area (Å²) in [6.45, 7) is 9.89. The van der Waals surface area contributed by atoms with Gasteiger partial charge in [-0.1, -0.05) is 76.4 Å². The number of benzene rings is 2. The lowest BCUT2D eigenvalue weighted by Gasteiger charge is -2.15. The van der Waals surface area contributed by atoms with Crippen LogP contribution in [-0.2, 0) is 0 Å². The molecule has 0 bridgehead atoms. The van der Waals surface area contributed by atoms with E-state index in [0.29, 0.717) is 0 Å². The Morgan fingerprint density at radius 2 is 1.58 bits per heavy atom. The Kier molecular flexibility index (Phi) is 7.36. The summed E-state index contributed by atoms with van der Waals surface area (Å²) in [6.07, 6.45) is 5.13. The molecule has 0 aliphatic rings. The molecule has 0 aromatic heterocycles. The fourth-order valence-electron chi connectivity index (χ4n) is 3.01. The van der Waals surface area contributed by atoms with Crippen molar-refractivity contribution >= 4 is 0 Å². The maximum Gasteiger partial charge on any atom is 0.122 e. The average Bonchev–Trinajstić information content (AvgIpc) is 2.57. The van der Waals surface area contributed by atoms with E-state index in [4.69, 9.17) is 4.74 Å². The van der Waals surface area contributed by atoms with Crippen LogP contribution in [0.3, 0.4) is 0 Å². The van der Waals surface area contributed by atoms with Crippen molar-refractivity contribution in [1.29, 1.82) is 0 Å². The van der Waals surface area contributed by atoms with Crippen LogP contribution in [0.5, 0.6) is 5.75 Å². The maximum atomic E-state index is 6.03. The molecule has 0 amide bonds. The Labute approximate surface area is 148 Å². The van der Waals surface area contributed by atoms with Gasteiger partial charge in [-0.15, -0.1) is 0 Å². The molecule has 2 aromatic rings. The largest absolute Gasteiger partial charge is 0.493 e. The highest BCUT2D eigenvalue weighted by atomic mass is 16.5. The van der Waals surface area contributed by atoms with Crippen LogP contribution in [0.2, 0.25) is 0 Å². The molecule has 2 aromatic carbocycles. The molecule has 0 radical (unpaired) electrons. The van der Waals surface area contributed by atoms with Crippen molar-refractivity contribution in [3.05, 3.63) is 54.1 Å². The minimum atomic E-state index is 0.743. The van der Waals surface area contributed by atoms with Crippen LogP contribution < -0.4 is 4.74 Å². The first kappa shape index (κ1) is 18.6. The van der Waals surface area contributed by atoms with Crippen molar-refractivity contribution in [2.75, 3.05) is 6.61 Å². The second-order valence-corrected chi connectivity index (χ2v) is 7.41. The lowest BCUT2D eigenvalue weighted by molar-refractivity contribution is 0.274. The molecule has 24 heavy (non-hydrogen) atoms. The van der Waals surface area contributed by atoms with Crippen molar-refractivity contribution in [3.8, 4) is 16.9 Å². The first-order chi connectivity index (χ1) is 11.6. The Bertz CT molecular complexity index is 601. The molecule has 1 nitrogen and oxygen atoms in total. The van der Waals surface area contributed by atoms with E-state index in [1.165, 1.54) is 36.0 Å². The van der Waals surface area contributed by atoms with Crippen LogP contribution in [0.25, 0.3) is 11.1 Å². The number of ether oxygens (including phenoxy) is 1. The molecule has 1 atom stereocenters. The van der Waals surface area contributed by atoms with Gasteiger partial charge in [-0.2, -0.15) is 0 Å². The van der Waals surface area contributed by atoms with Crippen molar-refractivity contribution in [2.24, 2.45) is 11.8 Å². The molecule has 0 aliphatic carbocycles. The molecule has 1 heteroatoms. The zero-order chi connectivity index (χ0) is 17.4. The molecule has 0 N–H and O–H groups in total. The van der Waals surface area contributed by atoms with Crippen LogP contribution in [-0.4, -0.2) is 6.61 Å². The van der Waals surface area contributed by atoms with Gasteiger partial charge < -0.3 is 4.74 Å². The highest BCUT2D eigenvalue weighted by molar-refractivity contribution is 5.65. The first-order valence-electron chi connectivity index (χ1n) is 9.35. The van der Waals surface area contributed by atoms with Gasteiger partial charge in [0.15, 0.2) is 0 Å². The van der Waals surface area contributed by atoms with Gasteiger partial charge in [0.2, 0.25) is 0 Å². The monoisotopic (exact) mass is 324 g/mol. The van der Waals surface area contributed by atoms with E-state index in [0.717, 1.165) is 30.6 Å². The molecule has 0 spiro atoms. The van der Waals surface area contributed by atoms with Gasteiger partial charge in [0.05, 0.1) is 6.61 Å². The molecule has 2 rings (SSSR count). The highest BCUT2D eigenvalue weighted by Crippen LogP contribution is 2.26. The predicted molar refractivity (Wildman–Crippen MR) is 105 cm³/mol. The summed E-state index contributed by atoms with van der Waals surface area (Å²) in [5.41, 5.74) is 3.72. The van der Waals surface area contributed by atoms with Gasteiger partial charge in [0, 0.05) is 0 Å². The Morgan fingerprint density at radius 3 is 2.25 bits per heavy atom. The molecule has 0 aliphatic heterocycles. The van der Waals surface area contributed by atoms with E-state index >= 15 is 0 Å². The van der Waals surface area contributed by atoms with Crippen LogP contribution in [0.4, 0.5) is 0 Å². The number of hydrogen-bond donors (Lipinski definition) is 0. The third-order valence-electron chi connectivity index (χ3n) is 4.63. The summed E-state index contributed by atoms with van der Waals surface area (Å²) in [4.78, 5) is 0. The van der Waals surface area contributed by atoms with E-state index in [-0.39, 0.29) is 0 Å². The van der Waals surface area contributed by atoms with Crippen molar-refractivity contribution in [3.63, 3.8) is 0 Å². The molecule has 0 saturated heterocycles. The fraction of sp³-hybridized carbons (Fsp3) is 0.478. The second-order valence-electron chi connectivity index (χ2n) is 7.41. The molecule has 0 fully saturated rings. The Balaban J connectivity index is 1.81. The van der Waals surface area contributed by atoms with E-state index in [9.17, 15) is 0 Å². The van der Waals surface area contributed by atoms with E-state index in [1.54, 1.807) is 0 Å². The van der Waals surface area contributed by atoms with Crippen LogP contribution in [0.15, 0.2) is 48.5 Å². The van der Waals surface area contributed by atoms with Gasteiger partial charge in [0.25, 0.3) is 0 Å². The first-order valence-corrected chi connectivity index (χ1v) is 9.35. The van der Waals surface area contributed by atoms with Crippen molar-refractivity contribution in [2.45, 2.75) is 53.4 Å². The Hall–Kier alpha value is -1.76. The van der Waals surface area contributed by atoms with Crippen LogP contribution >= 0.6 is 0 Å². The van der Waals surface area contributed by atoms with E-state index < -0.39 is 0 Å². The van der Waals surface area contributed by atoms with E-state index in [1.807, 2.05) is 0 Å². The third-order valence-corrected chi connectivity index (χ3v) is 4.63. The predicted octanol–water partition coefficient (Wildman–Crippen LogP) is 6.89. The average molecular weight is 325 g/mol. The maximum absolute atomic E-state index is 6.03. The highest BCUT2D eigenvalue weighted by Gasteiger charge is 2.06. The van der Waals surface area contributed by atoms with Crippen molar-refractivity contribution < 1.29 is 4.74 Å². The summed E-state index contributed by atoms with van der Waals surface area (Å²) >= 11 is 0. The summed E-state index contributed by atoms with van der Waals surface area (Å²) in [5.74, 6) is 2.58. The number of aryl methyl sites for hydroxylation is 1. The SMILES string of the molecule is Cc1cc(-c2ccccc2)ccc1OCCC(C)CCCC(C)C. The quantitative estimate of drug-likeness (QED) is 0.488. The summed E-state index contributed by atoms with van der Waals surface area (Å²) in [6, 6.07) is 17.0. The van der Waals surface area contributed by atoms with E-state index in [2.05, 4.69) is 76.2 Å². The lowest BCUT2D eigenvalue weighted by atomic mass is 9.98. The molecule has 130 valence electrons. The van der Waals surface area contributed by atoms with Crippen LogP contribution in [0, 0.1) is 18.8 Å². The Morgan fingerprint density at radius 1 is 0.833 bits per heavy atom. The number of hydrogen-bond acceptors (Lipinski definition) is 1. The molecule has 0 heterocycles. The summed E-state index contributed by atoms with van der Waals surface area (Å²) in [7, 11) is 0. The van der Waals surface area contributed by atoms with Crippen LogP contribution in [0.1, 0.15) is 52.0 Å². The van der Waals surface area contributed by atoms with Gasteiger partial charge in [0.1, 0.15) is 5.75 Å².